The third-order valence-electron chi connectivity index (χ3n) is 4.20. The molecule has 3 N–H and O–H groups in total. The van der Waals surface area contributed by atoms with Crippen LogP contribution >= 0.6 is 15.9 Å². The van der Waals surface area contributed by atoms with Crippen LogP contribution in [0.1, 0.15) is 17.5 Å². The Balaban J connectivity index is 1.70. The lowest BCUT2D eigenvalue weighted by molar-refractivity contribution is -0.163. The molecule has 28 heavy (non-hydrogen) atoms. The number of benzene rings is 2. The second-order valence-electron chi connectivity index (χ2n) is 6.08. The van der Waals surface area contributed by atoms with Crippen molar-refractivity contribution in [2.24, 2.45) is 11.8 Å². The van der Waals surface area contributed by atoms with Crippen LogP contribution in [-0.4, -0.2) is 16.9 Å². The summed E-state index contributed by atoms with van der Waals surface area (Å²) in [5.41, 5.74) is 2.47. The zero-order valence-corrected chi connectivity index (χ0v) is 16.2. The number of aryl methyl sites for hydroxylation is 1. The summed E-state index contributed by atoms with van der Waals surface area (Å²) in [5, 5.41) is 0. The third kappa shape index (κ3) is 4.68. The number of carbonyl (C=O) groups excluding carboxylic acids is 2. The number of rotatable bonds is 7. The first-order chi connectivity index (χ1) is 13.5. The number of halogens is 1. The van der Waals surface area contributed by atoms with Gasteiger partial charge in [-0.2, -0.15) is 5.90 Å². The Morgan fingerprint density at radius 3 is 2.64 bits per heavy atom. The average Bonchev–Trinajstić information content (AvgIpc) is 3.05. The van der Waals surface area contributed by atoms with E-state index in [1.54, 1.807) is 24.3 Å². The number of aromatic amines is 1. The van der Waals surface area contributed by atoms with Gasteiger partial charge in [0.2, 0.25) is 0 Å². The number of nitrogens with two attached hydrogens (primary N) is 1. The molecule has 146 valence electrons. The minimum Gasteiger partial charge on any atom is -0.460 e. The molecule has 0 aliphatic rings. The van der Waals surface area contributed by atoms with Crippen molar-refractivity contribution in [1.82, 2.24) is 4.98 Å². The zero-order valence-electron chi connectivity index (χ0n) is 14.6. The molecule has 0 unspecified atom stereocenters. The van der Waals surface area contributed by atoms with Crippen LogP contribution < -0.4 is 11.7 Å². The molecule has 0 spiro atoms. The predicted molar refractivity (Wildman–Crippen MR) is 103 cm³/mol. The van der Waals surface area contributed by atoms with E-state index in [0.29, 0.717) is 22.0 Å². The molecule has 8 nitrogen and oxygen atoms in total. The average molecular weight is 449 g/mol. The van der Waals surface area contributed by atoms with Gasteiger partial charge in [-0.05, 0) is 36.1 Å². The Morgan fingerprint density at radius 1 is 1.18 bits per heavy atom. The molecule has 3 aromatic rings. The SMILES string of the molecule is NOC(=O)[C@H](CCc1cc2oc(=O)[nH]c2cc1Br)C(=O)OCc1ccccc1. The van der Waals surface area contributed by atoms with Crippen LogP contribution in [0.2, 0.25) is 0 Å². The van der Waals surface area contributed by atoms with E-state index in [4.69, 9.17) is 15.1 Å². The van der Waals surface area contributed by atoms with E-state index in [-0.39, 0.29) is 13.0 Å². The number of hydrogen-bond donors (Lipinski definition) is 2. The maximum atomic E-state index is 12.4. The topological polar surface area (TPSA) is 125 Å². The van der Waals surface area contributed by atoms with E-state index < -0.39 is 23.6 Å². The van der Waals surface area contributed by atoms with E-state index >= 15 is 0 Å². The largest absolute Gasteiger partial charge is 0.460 e. The minimum atomic E-state index is -1.17. The van der Waals surface area contributed by atoms with Gasteiger partial charge < -0.3 is 14.0 Å². The number of fused-ring (bicyclic) bond motifs is 1. The van der Waals surface area contributed by atoms with Crippen molar-refractivity contribution in [3.63, 3.8) is 0 Å². The fourth-order valence-corrected chi connectivity index (χ4v) is 3.29. The van der Waals surface area contributed by atoms with Crippen molar-refractivity contribution in [1.29, 1.82) is 0 Å². The number of aromatic nitrogens is 1. The monoisotopic (exact) mass is 448 g/mol. The molecular formula is C19H17BrN2O6. The summed E-state index contributed by atoms with van der Waals surface area (Å²) < 4.78 is 11.0. The van der Waals surface area contributed by atoms with Crippen LogP contribution in [0.5, 0.6) is 0 Å². The fraction of sp³-hybridized carbons (Fsp3) is 0.211. The van der Waals surface area contributed by atoms with Gasteiger partial charge in [-0.3, -0.25) is 9.78 Å². The van der Waals surface area contributed by atoms with Crippen molar-refractivity contribution in [2.45, 2.75) is 19.4 Å². The molecule has 0 aliphatic carbocycles. The van der Waals surface area contributed by atoms with Crippen molar-refractivity contribution < 1.29 is 23.6 Å². The van der Waals surface area contributed by atoms with Gasteiger partial charge in [0.25, 0.3) is 0 Å². The Morgan fingerprint density at radius 2 is 1.93 bits per heavy atom. The fourth-order valence-electron chi connectivity index (χ4n) is 2.75. The maximum absolute atomic E-state index is 12.4. The van der Waals surface area contributed by atoms with Crippen molar-refractivity contribution in [3.8, 4) is 0 Å². The van der Waals surface area contributed by atoms with Gasteiger partial charge in [0.05, 0.1) is 5.52 Å². The quantitative estimate of drug-likeness (QED) is 0.323. The van der Waals surface area contributed by atoms with Gasteiger partial charge in [0.1, 0.15) is 6.61 Å². The van der Waals surface area contributed by atoms with Crippen molar-refractivity contribution in [3.05, 3.63) is 68.6 Å². The summed E-state index contributed by atoms with van der Waals surface area (Å²) in [6.45, 7) is 0.0399. The smallest absolute Gasteiger partial charge is 0.417 e. The lowest BCUT2D eigenvalue weighted by Gasteiger charge is -2.14. The van der Waals surface area contributed by atoms with Crippen LogP contribution in [0.3, 0.4) is 0 Å². The lowest BCUT2D eigenvalue weighted by Crippen LogP contribution is -2.30. The Hall–Kier alpha value is -2.91. The first-order valence-corrected chi connectivity index (χ1v) is 9.19. The maximum Gasteiger partial charge on any atom is 0.417 e. The van der Waals surface area contributed by atoms with E-state index in [9.17, 15) is 14.4 Å². The number of esters is 1. The highest BCUT2D eigenvalue weighted by Gasteiger charge is 2.30. The van der Waals surface area contributed by atoms with Crippen LogP contribution in [0.4, 0.5) is 0 Å². The first kappa shape index (κ1) is 19.8. The lowest BCUT2D eigenvalue weighted by atomic mass is 9.99. The molecular weight excluding hydrogens is 432 g/mol. The molecule has 1 atom stereocenters. The summed E-state index contributed by atoms with van der Waals surface area (Å²) in [6, 6.07) is 12.5. The standard InChI is InChI=1S/C19H17BrN2O6/c20-14-9-15-16(27-19(25)22-15)8-12(14)6-7-13(18(24)28-21)17(23)26-10-11-4-2-1-3-5-11/h1-5,8-9,13H,6-7,10,21H2,(H,22,25)/t13-/m1/s1. The molecule has 0 saturated heterocycles. The molecule has 0 amide bonds. The van der Waals surface area contributed by atoms with Crippen molar-refractivity contribution in [2.75, 3.05) is 0 Å². The highest BCUT2D eigenvalue weighted by atomic mass is 79.9. The second kappa shape index (κ2) is 8.85. The molecule has 9 heteroatoms. The molecule has 0 radical (unpaired) electrons. The van der Waals surface area contributed by atoms with E-state index in [1.165, 1.54) is 0 Å². The number of carbonyl (C=O) groups is 2. The first-order valence-electron chi connectivity index (χ1n) is 8.40. The summed E-state index contributed by atoms with van der Waals surface area (Å²) in [6.07, 6.45) is 0.439. The van der Waals surface area contributed by atoms with Gasteiger partial charge in [0, 0.05) is 4.47 Å². The van der Waals surface area contributed by atoms with E-state index in [1.807, 2.05) is 18.2 Å². The van der Waals surface area contributed by atoms with Gasteiger partial charge in [-0.1, -0.05) is 46.3 Å². The van der Waals surface area contributed by atoms with Gasteiger partial charge >= 0.3 is 17.7 Å². The zero-order chi connectivity index (χ0) is 20.1. The molecule has 0 fully saturated rings. The van der Waals surface area contributed by atoms with Gasteiger partial charge in [-0.25, -0.2) is 9.59 Å². The van der Waals surface area contributed by atoms with E-state index in [2.05, 4.69) is 25.8 Å². The summed E-state index contributed by atoms with van der Waals surface area (Å²) >= 11 is 3.41. The number of nitrogens with one attached hydrogen (secondary N) is 1. The molecule has 3 rings (SSSR count). The third-order valence-corrected chi connectivity index (χ3v) is 4.94. The summed E-state index contributed by atoms with van der Waals surface area (Å²) in [4.78, 5) is 42.5. The van der Waals surface area contributed by atoms with Gasteiger partial charge in [-0.15, -0.1) is 0 Å². The Kier molecular flexibility index (Phi) is 6.27. The molecule has 0 saturated carbocycles. The van der Waals surface area contributed by atoms with Gasteiger partial charge in [0.15, 0.2) is 11.5 Å². The summed E-state index contributed by atoms with van der Waals surface area (Å²) in [7, 11) is 0. The molecule has 0 aliphatic heterocycles. The molecule has 0 bridgehead atoms. The van der Waals surface area contributed by atoms with Crippen LogP contribution in [-0.2, 0) is 32.2 Å². The number of ether oxygens (including phenoxy) is 1. The van der Waals surface area contributed by atoms with Crippen LogP contribution in [0, 0.1) is 5.92 Å². The molecule has 2 aromatic carbocycles. The van der Waals surface area contributed by atoms with Crippen molar-refractivity contribution >= 4 is 39.0 Å². The number of H-pyrrole nitrogens is 1. The number of oxazole rings is 1. The molecule has 1 heterocycles. The predicted octanol–water partition coefficient (Wildman–Crippen LogP) is 2.59. The highest BCUT2D eigenvalue weighted by molar-refractivity contribution is 9.10. The van der Waals surface area contributed by atoms with E-state index in [0.717, 1.165) is 11.1 Å². The van der Waals surface area contributed by atoms with Crippen LogP contribution in [0.15, 0.2) is 56.1 Å². The van der Waals surface area contributed by atoms with Crippen LogP contribution in [0.25, 0.3) is 11.1 Å². The normalized spacial score (nSPS) is 11.9. The number of hydrogen-bond acceptors (Lipinski definition) is 7. The summed E-state index contributed by atoms with van der Waals surface area (Å²) in [5.74, 6) is 1.65. The highest BCUT2D eigenvalue weighted by Crippen LogP contribution is 2.25. The second-order valence-corrected chi connectivity index (χ2v) is 6.93. The molecule has 1 aromatic heterocycles. The Bertz CT molecular complexity index is 1040. The Labute approximate surface area is 167 Å². The minimum absolute atomic E-state index is 0.0399.